The molecule has 2 N–H and O–H groups in total. The maximum Gasteiger partial charge on any atom is 0.307 e. The number of nitrogens with one attached hydrogen (secondary N) is 2. The van der Waals surface area contributed by atoms with Gasteiger partial charge in [0.1, 0.15) is 0 Å². The van der Waals surface area contributed by atoms with Gasteiger partial charge in [0.2, 0.25) is 0 Å². The molecule has 0 aliphatic carbocycles. The van der Waals surface area contributed by atoms with Crippen molar-refractivity contribution in [1.29, 1.82) is 5.26 Å². The van der Waals surface area contributed by atoms with Gasteiger partial charge in [0, 0.05) is 17.8 Å². The molecule has 0 bridgehead atoms. The van der Waals surface area contributed by atoms with E-state index < -0.39 is 0 Å². The van der Waals surface area contributed by atoms with Crippen LogP contribution in [0.5, 0.6) is 0 Å². The summed E-state index contributed by atoms with van der Waals surface area (Å²) in [5, 5.41) is 15.4. The topological polar surface area (TPSA) is 91.2 Å². The zero-order chi connectivity index (χ0) is 25.2. The summed E-state index contributed by atoms with van der Waals surface area (Å²) >= 11 is 0. The van der Waals surface area contributed by atoms with Gasteiger partial charge in [-0.15, -0.1) is 0 Å². The minimum atomic E-state index is -0.354. The van der Waals surface area contributed by atoms with Crippen LogP contribution in [0.25, 0.3) is 11.1 Å². The number of nitriles is 1. The van der Waals surface area contributed by atoms with Crippen molar-refractivity contribution in [2.45, 2.75) is 32.7 Å². The summed E-state index contributed by atoms with van der Waals surface area (Å²) in [4.78, 5) is 23.6. The average molecular weight is 470 g/mol. The lowest BCUT2D eigenvalue weighted by Crippen LogP contribution is -2.26. The molecule has 0 heterocycles. The number of carbonyl (C=O) groups excluding carboxylic acids is 2. The van der Waals surface area contributed by atoms with E-state index in [0.29, 0.717) is 17.0 Å². The Balaban J connectivity index is 1.68. The smallest absolute Gasteiger partial charge is 0.307 e. The van der Waals surface area contributed by atoms with Crippen molar-refractivity contribution in [3.8, 4) is 17.2 Å². The van der Waals surface area contributed by atoms with Gasteiger partial charge in [-0.2, -0.15) is 5.26 Å². The maximum atomic E-state index is 12.4. The summed E-state index contributed by atoms with van der Waals surface area (Å²) < 4.78 is 4.59. The van der Waals surface area contributed by atoms with Crippen LogP contribution in [0.15, 0.2) is 72.8 Å². The monoisotopic (exact) mass is 469 g/mol. The fourth-order valence-corrected chi connectivity index (χ4v) is 3.80. The molecule has 6 heteroatoms. The fourth-order valence-electron chi connectivity index (χ4n) is 3.80. The second-order valence-corrected chi connectivity index (χ2v) is 8.80. The van der Waals surface area contributed by atoms with Gasteiger partial charge in [-0.3, -0.25) is 9.59 Å². The zero-order valence-corrected chi connectivity index (χ0v) is 20.4. The molecule has 0 fully saturated rings. The Bertz CT molecular complexity index is 1160. The summed E-state index contributed by atoms with van der Waals surface area (Å²) in [6, 6.07) is 25.6. The van der Waals surface area contributed by atoms with Crippen molar-refractivity contribution in [3.05, 3.63) is 89.5 Å². The molecule has 3 rings (SSSR count). The summed E-state index contributed by atoms with van der Waals surface area (Å²) in [5.41, 5.74) is 5.46. The lowest BCUT2D eigenvalue weighted by molar-refractivity contribution is -0.140. The molecule has 0 spiro atoms. The number of benzene rings is 3. The molecule has 3 aromatic carbocycles. The van der Waals surface area contributed by atoms with Crippen LogP contribution < -0.4 is 10.6 Å². The number of hydrogen-bond donors (Lipinski definition) is 2. The predicted octanol–water partition coefficient (Wildman–Crippen LogP) is 5.72. The summed E-state index contributed by atoms with van der Waals surface area (Å²) in [6.07, 6.45) is 1.08. The molecule has 0 aliphatic rings. The van der Waals surface area contributed by atoms with E-state index in [9.17, 15) is 9.59 Å². The third-order valence-electron chi connectivity index (χ3n) is 5.70. The van der Waals surface area contributed by atoms with Crippen molar-refractivity contribution in [1.82, 2.24) is 5.32 Å². The Labute approximate surface area is 206 Å². The summed E-state index contributed by atoms with van der Waals surface area (Å²) in [7, 11) is 1.33. The molecule has 1 amide bonds. The minimum absolute atomic E-state index is 0.0900. The zero-order valence-electron chi connectivity index (χ0n) is 20.4. The van der Waals surface area contributed by atoms with Gasteiger partial charge >= 0.3 is 5.97 Å². The highest BCUT2D eigenvalue weighted by Gasteiger charge is 2.15. The number of esters is 1. The molecule has 1 unspecified atom stereocenters. The van der Waals surface area contributed by atoms with Crippen molar-refractivity contribution in [2.24, 2.45) is 5.92 Å². The lowest BCUT2D eigenvalue weighted by atomic mass is 9.95. The first-order valence-electron chi connectivity index (χ1n) is 11.7. The summed E-state index contributed by atoms with van der Waals surface area (Å²) in [6.45, 7) is 4.61. The molecular formula is C29H31N3O3. The van der Waals surface area contributed by atoms with E-state index in [1.807, 2.05) is 48.5 Å². The molecule has 0 radical (unpaired) electrons. The lowest BCUT2D eigenvalue weighted by Gasteiger charge is -2.23. The SMILES string of the molecule is COC(=O)CCNC(=O)c1ccc(C(CC(C)C)Nc2ccc(-c3ccc(C#N)cc3)cc2)cc1. The molecule has 0 aliphatic heterocycles. The Morgan fingerprint density at radius 3 is 2.06 bits per heavy atom. The van der Waals surface area contributed by atoms with Crippen molar-refractivity contribution >= 4 is 17.6 Å². The van der Waals surface area contributed by atoms with Crippen LogP contribution in [0.1, 0.15) is 54.2 Å². The number of amides is 1. The van der Waals surface area contributed by atoms with E-state index in [2.05, 4.69) is 59.6 Å². The van der Waals surface area contributed by atoms with E-state index >= 15 is 0 Å². The molecular weight excluding hydrogens is 438 g/mol. The van der Waals surface area contributed by atoms with E-state index in [0.717, 1.165) is 28.8 Å². The first kappa shape index (κ1) is 25.5. The number of hydrogen-bond acceptors (Lipinski definition) is 5. The van der Waals surface area contributed by atoms with Gasteiger partial charge in [0.15, 0.2) is 0 Å². The van der Waals surface area contributed by atoms with Crippen LogP contribution in [0.3, 0.4) is 0 Å². The van der Waals surface area contributed by atoms with Crippen molar-refractivity contribution in [2.75, 3.05) is 19.0 Å². The number of methoxy groups -OCH3 is 1. The van der Waals surface area contributed by atoms with Gasteiger partial charge in [-0.05, 0) is 65.4 Å². The normalized spacial score (nSPS) is 11.4. The third kappa shape index (κ3) is 7.44. The molecule has 0 saturated carbocycles. The van der Waals surface area contributed by atoms with Crippen LogP contribution >= 0.6 is 0 Å². The Hall–Kier alpha value is -4.11. The second kappa shape index (κ2) is 12.4. The Morgan fingerprint density at radius 2 is 1.51 bits per heavy atom. The van der Waals surface area contributed by atoms with Crippen molar-refractivity contribution < 1.29 is 14.3 Å². The standard InChI is InChI=1S/C29H31N3O3/c1-20(2)18-27(24-8-10-25(11-9-24)29(34)31-17-16-28(33)35-3)32-26-14-12-23(13-15-26)22-6-4-21(19-30)5-7-22/h4-15,20,27,32H,16-18H2,1-3H3,(H,31,34). The molecule has 0 saturated heterocycles. The Kier molecular flexibility index (Phi) is 9.02. The summed E-state index contributed by atoms with van der Waals surface area (Å²) in [5.74, 6) is -0.0906. The van der Waals surface area contributed by atoms with Crippen LogP contribution in [-0.2, 0) is 9.53 Å². The van der Waals surface area contributed by atoms with Gasteiger partial charge in [-0.25, -0.2) is 0 Å². The maximum absolute atomic E-state index is 12.4. The number of rotatable bonds is 10. The van der Waals surface area contributed by atoms with E-state index in [1.165, 1.54) is 7.11 Å². The van der Waals surface area contributed by atoms with E-state index in [4.69, 9.17) is 5.26 Å². The second-order valence-electron chi connectivity index (χ2n) is 8.80. The van der Waals surface area contributed by atoms with Crippen molar-refractivity contribution in [3.63, 3.8) is 0 Å². The highest BCUT2D eigenvalue weighted by molar-refractivity contribution is 5.94. The van der Waals surface area contributed by atoms with Gasteiger partial charge < -0.3 is 15.4 Å². The fraction of sp³-hybridized carbons (Fsp3) is 0.276. The first-order chi connectivity index (χ1) is 16.9. The molecule has 3 aromatic rings. The van der Waals surface area contributed by atoms with Crippen LogP contribution in [-0.4, -0.2) is 25.5 Å². The average Bonchev–Trinajstić information content (AvgIpc) is 2.88. The molecule has 180 valence electrons. The van der Waals surface area contributed by atoms with Gasteiger partial charge in [-0.1, -0.05) is 50.2 Å². The number of ether oxygens (including phenoxy) is 1. The number of anilines is 1. The highest BCUT2D eigenvalue weighted by Crippen LogP contribution is 2.28. The van der Waals surface area contributed by atoms with Crippen LogP contribution in [0, 0.1) is 17.2 Å². The minimum Gasteiger partial charge on any atom is -0.469 e. The van der Waals surface area contributed by atoms with Gasteiger partial charge in [0.25, 0.3) is 5.91 Å². The van der Waals surface area contributed by atoms with Crippen LogP contribution in [0.4, 0.5) is 5.69 Å². The molecule has 6 nitrogen and oxygen atoms in total. The van der Waals surface area contributed by atoms with Gasteiger partial charge in [0.05, 0.1) is 31.2 Å². The largest absolute Gasteiger partial charge is 0.469 e. The Morgan fingerprint density at radius 1 is 0.914 bits per heavy atom. The quantitative estimate of drug-likeness (QED) is 0.371. The molecule has 0 aromatic heterocycles. The highest BCUT2D eigenvalue weighted by atomic mass is 16.5. The van der Waals surface area contributed by atoms with Crippen LogP contribution in [0.2, 0.25) is 0 Å². The first-order valence-corrected chi connectivity index (χ1v) is 11.7. The third-order valence-corrected chi connectivity index (χ3v) is 5.70. The van der Waals surface area contributed by atoms with E-state index in [-0.39, 0.29) is 30.9 Å². The molecule has 35 heavy (non-hydrogen) atoms. The predicted molar refractivity (Wildman–Crippen MR) is 138 cm³/mol. The van der Waals surface area contributed by atoms with E-state index in [1.54, 1.807) is 0 Å². The number of nitrogens with zero attached hydrogens (tertiary/aromatic N) is 1. The number of carbonyl (C=O) groups is 2. The molecule has 1 atom stereocenters.